The van der Waals surface area contributed by atoms with Crippen molar-refractivity contribution in [3.63, 3.8) is 0 Å². The van der Waals surface area contributed by atoms with Crippen molar-refractivity contribution in [3.05, 3.63) is 78.9 Å². The molecule has 9 nitrogen and oxygen atoms in total. The van der Waals surface area contributed by atoms with Crippen LogP contribution in [0.3, 0.4) is 0 Å². The van der Waals surface area contributed by atoms with Gasteiger partial charge in [-0.25, -0.2) is 0 Å². The number of nitro groups is 2. The largest absolute Gasteiger partial charge is 0.380 e. The number of carbonyl (C=O) groups is 1. The van der Waals surface area contributed by atoms with E-state index in [1.807, 2.05) is 0 Å². The standard InChI is InChI=1S/C17H16N2O7/c1-25-9-11-5-3-7-13(15(11)18(21)22)17(20)14-8-4-6-12(10-26-2)16(14)19(23)24/h3-8H,9-10H2,1-2H3. The number of rotatable bonds is 8. The van der Waals surface area contributed by atoms with E-state index in [4.69, 9.17) is 9.47 Å². The number of benzene rings is 2. The highest BCUT2D eigenvalue weighted by atomic mass is 16.6. The van der Waals surface area contributed by atoms with E-state index in [-0.39, 0.29) is 35.5 Å². The molecule has 9 heteroatoms. The number of carbonyl (C=O) groups excluding carboxylic acids is 1. The Bertz CT molecular complexity index is 795. The molecule has 0 bridgehead atoms. The van der Waals surface area contributed by atoms with Crippen LogP contribution in [0.5, 0.6) is 0 Å². The quantitative estimate of drug-likeness (QED) is 0.403. The second-order valence-corrected chi connectivity index (χ2v) is 5.34. The summed E-state index contributed by atoms with van der Waals surface area (Å²) in [6.45, 7) is -0.132. The zero-order valence-electron chi connectivity index (χ0n) is 14.1. The van der Waals surface area contributed by atoms with Gasteiger partial charge in [0.2, 0.25) is 5.78 Å². The van der Waals surface area contributed by atoms with E-state index in [1.165, 1.54) is 50.6 Å². The van der Waals surface area contributed by atoms with Crippen molar-refractivity contribution in [3.8, 4) is 0 Å². The van der Waals surface area contributed by atoms with Crippen molar-refractivity contribution >= 4 is 17.2 Å². The van der Waals surface area contributed by atoms with Crippen molar-refractivity contribution in [2.75, 3.05) is 14.2 Å². The van der Waals surface area contributed by atoms with Crippen molar-refractivity contribution in [1.82, 2.24) is 0 Å². The Morgan fingerprint density at radius 2 is 1.23 bits per heavy atom. The van der Waals surface area contributed by atoms with E-state index in [2.05, 4.69) is 0 Å². The summed E-state index contributed by atoms with van der Waals surface area (Å²) < 4.78 is 9.86. The van der Waals surface area contributed by atoms with Crippen LogP contribution in [0.25, 0.3) is 0 Å². The van der Waals surface area contributed by atoms with Gasteiger partial charge in [-0.2, -0.15) is 0 Å². The van der Waals surface area contributed by atoms with Crippen LogP contribution in [0.4, 0.5) is 11.4 Å². The SMILES string of the molecule is COCc1cccc(C(=O)c2cccc(COC)c2[N+](=O)[O-])c1[N+](=O)[O-]. The molecule has 2 aromatic rings. The Morgan fingerprint density at radius 1 is 0.846 bits per heavy atom. The van der Waals surface area contributed by atoms with Gasteiger partial charge in [-0.15, -0.1) is 0 Å². The predicted octanol–water partition coefficient (Wildman–Crippen LogP) is 3.03. The highest BCUT2D eigenvalue weighted by molar-refractivity contribution is 6.14. The van der Waals surface area contributed by atoms with E-state index >= 15 is 0 Å². The molecule has 0 atom stereocenters. The first kappa shape index (κ1) is 19.2. The molecule has 0 unspecified atom stereocenters. The third-order valence-electron chi connectivity index (χ3n) is 3.69. The smallest absolute Gasteiger partial charge is 0.286 e. The highest BCUT2D eigenvalue weighted by Crippen LogP contribution is 2.31. The maximum absolute atomic E-state index is 12.9. The molecule has 2 aromatic carbocycles. The van der Waals surface area contributed by atoms with Crippen LogP contribution in [-0.4, -0.2) is 29.8 Å². The third-order valence-corrected chi connectivity index (χ3v) is 3.69. The maximum atomic E-state index is 12.9. The lowest BCUT2D eigenvalue weighted by atomic mass is 9.96. The number of nitrogens with zero attached hydrogens (tertiary/aromatic N) is 2. The number of para-hydroxylation sites is 2. The molecule has 0 aliphatic heterocycles. The van der Waals surface area contributed by atoms with Crippen LogP contribution < -0.4 is 0 Å². The number of hydrogen-bond acceptors (Lipinski definition) is 7. The summed E-state index contributed by atoms with van der Waals surface area (Å²) in [6, 6.07) is 8.42. The third kappa shape index (κ3) is 3.73. The van der Waals surface area contributed by atoms with Crippen molar-refractivity contribution < 1.29 is 24.1 Å². The number of methoxy groups -OCH3 is 2. The fourth-order valence-electron chi connectivity index (χ4n) is 2.67. The fraction of sp³-hybridized carbons (Fsp3) is 0.235. The molecule has 0 heterocycles. The van der Waals surface area contributed by atoms with E-state index in [9.17, 15) is 25.0 Å². The van der Waals surface area contributed by atoms with E-state index in [1.54, 1.807) is 0 Å². The van der Waals surface area contributed by atoms with E-state index < -0.39 is 27.0 Å². The van der Waals surface area contributed by atoms with Crippen LogP contribution in [-0.2, 0) is 22.7 Å². The Balaban J connectivity index is 2.67. The molecule has 0 N–H and O–H groups in total. The molecule has 0 aromatic heterocycles. The first-order valence-corrected chi connectivity index (χ1v) is 7.47. The fourth-order valence-corrected chi connectivity index (χ4v) is 2.67. The Hall–Kier alpha value is -3.17. The first-order valence-electron chi connectivity index (χ1n) is 7.47. The first-order chi connectivity index (χ1) is 12.4. The Labute approximate surface area is 148 Å². The van der Waals surface area contributed by atoms with Gasteiger partial charge in [0.1, 0.15) is 11.1 Å². The second-order valence-electron chi connectivity index (χ2n) is 5.34. The highest BCUT2D eigenvalue weighted by Gasteiger charge is 2.30. The minimum absolute atomic E-state index is 0.0662. The lowest BCUT2D eigenvalue weighted by Gasteiger charge is -2.09. The maximum Gasteiger partial charge on any atom is 0.286 e. The summed E-state index contributed by atoms with van der Waals surface area (Å²) in [7, 11) is 2.74. The number of nitro benzene ring substituents is 2. The van der Waals surface area contributed by atoms with Crippen LogP contribution in [0, 0.1) is 20.2 Å². The monoisotopic (exact) mass is 360 g/mol. The van der Waals surface area contributed by atoms with Gasteiger partial charge in [-0.05, 0) is 24.3 Å². The van der Waals surface area contributed by atoms with Gasteiger partial charge < -0.3 is 9.47 Å². The minimum Gasteiger partial charge on any atom is -0.380 e. The Morgan fingerprint density at radius 3 is 1.54 bits per heavy atom. The number of ether oxygens (including phenoxy) is 2. The van der Waals surface area contributed by atoms with Crippen LogP contribution in [0.15, 0.2) is 36.4 Å². The van der Waals surface area contributed by atoms with Crippen molar-refractivity contribution in [1.29, 1.82) is 0 Å². The van der Waals surface area contributed by atoms with Crippen LogP contribution in [0.1, 0.15) is 27.0 Å². The topological polar surface area (TPSA) is 122 Å². The number of ketones is 1. The molecule has 136 valence electrons. The summed E-state index contributed by atoms with van der Waals surface area (Å²) in [6.07, 6.45) is 0. The zero-order chi connectivity index (χ0) is 19.3. The molecule has 0 radical (unpaired) electrons. The molecule has 0 saturated carbocycles. The summed E-state index contributed by atoms with van der Waals surface area (Å²) in [5, 5.41) is 23.0. The lowest BCUT2D eigenvalue weighted by molar-refractivity contribution is -0.386. The molecule has 0 fully saturated rings. The van der Waals surface area contributed by atoms with Crippen molar-refractivity contribution in [2.45, 2.75) is 13.2 Å². The molecule has 0 aliphatic rings. The van der Waals surface area contributed by atoms with Gasteiger partial charge in [0.15, 0.2) is 0 Å². The molecule has 2 rings (SSSR count). The average molecular weight is 360 g/mol. The van der Waals surface area contributed by atoms with Gasteiger partial charge in [0, 0.05) is 14.2 Å². The number of hydrogen-bond donors (Lipinski definition) is 0. The van der Waals surface area contributed by atoms with Gasteiger partial charge in [-0.1, -0.05) is 12.1 Å². The van der Waals surface area contributed by atoms with E-state index in [0.29, 0.717) is 0 Å². The van der Waals surface area contributed by atoms with E-state index in [0.717, 1.165) is 0 Å². The van der Waals surface area contributed by atoms with Crippen molar-refractivity contribution in [2.24, 2.45) is 0 Å². The molecular formula is C17H16N2O7. The lowest BCUT2D eigenvalue weighted by Crippen LogP contribution is -2.11. The predicted molar refractivity (Wildman–Crippen MR) is 91.1 cm³/mol. The molecule has 0 spiro atoms. The zero-order valence-corrected chi connectivity index (χ0v) is 14.1. The van der Waals surface area contributed by atoms with Gasteiger partial charge in [0.05, 0.1) is 34.2 Å². The molecule has 0 saturated heterocycles. The van der Waals surface area contributed by atoms with Crippen LogP contribution >= 0.6 is 0 Å². The average Bonchev–Trinajstić information content (AvgIpc) is 2.60. The molecular weight excluding hydrogens is 344 g/mol. The molecule has 26 heavy (non-hydrogen) atoms. The summed E-state index contributed by atoms with van der Waals surface area (Å²) >= 11 is 0. The normalized spacial score (nSPS) is 10.5. The summed E-state index contributed by atoms with van der Waals surface area (Å²) in [5.41, 5.74) is -0.904. The molecule has 0 amide bonds. The van der Waals surface area contributed by atoms with Gasteiger partial charge in [0.25, 0.3) is 11.4 Å². The summed E-state index contributed by atoms with van der Waals surface area (Å²) in [4.78, 5) is 34.5. The van der Waals surface area contributed by atoms with Gasteiger partial charge >= 0.3 is 0 Å². The van der Waals surface area contributed by atoms with Crippen LogP contribution in [0.2, 0.25) is 0 Å². The Kier molecular flexibility index (Phi) is 6.10. The van der Waals surface area contributed by atoms with Gasteiger partial charge in [-0.3, -0.25) is 25.0 Å². The molecule has 0 aliphatic carbocycles. The summed E-state index contributed by atoms with van der Waals surface area (Å²) in [5.74, 6) is -0.806. The second kappa shape index (κ2) is 8.28. The minimum atomic E-state index is -0.806.